The van der Waals surface area contributed by atoms with Crippen LogP contribution in [0, 0.1) is 0 Å². The minimum Gasteiger partial charge on any atom is -0.495 e. The van der Waals surface area contributed by atoms with Crippen molar-refractivity contribution in [1.29, 1.82) is 0 Å². The van der Waals surface area contributed by atoms with Gasteiger partial charge < -0.3 is 14.8 Å². The Bertz CT molecular complexity index is 1290. The molecule has 2 aromatic carbocycles. The number of ether oxygens (including phenoxy) is 2. The number of imidazole rings is 1. The van der Waals surface area contributed by atoms with Gasteiger partial charge in [0, 0.05) is 16.1 Å². The van der Waals surface area contributed by atoms with Crippen LogP contribution in [0.1, 0.15) is 29.0 Å². The maximum absolute atomic E-state index is 13.1. The Labute approximate surface area is 195 Å². The van der Waals surface area contributed by atoms with Gasteiger partial charge in [-0.15, -0.1) is 0 Å². The predicted octanol–water partition coefficient (Wildman–Crippen LogP) is 4.70. The highest BCUT2D eigenvalue weighted by Crippen LogP contribution is 2.32. The number of nitrogens with one attached hydrogen (secondary N) is 1. The second-order valence-corrected chi connectivity index (χ2v) is 7.61. The van der Waals surface area contributed by atoms with Crippen molar-refractivity contribution in [3.05, 3.63) is 89.2 Å². The molecule has 0 radical (unpaired) electrons. The smallest absolute Gasteiger partial charge is 0.335 e. The lowest BCUT2D eigenvalue weighted by atomic mass is 10.0. The number of amides is 1. The first-order valence-corrected chi connectivity index (χ1v) is 10.7. The van der Waals surface area contributed by atoms with Crippen LogP contribution in [0.15, 0.2) is 72.9 Å². The molecule has 33 heavy (non-hydrogen) atoms. The first-order chi connectivity index (χ1) is 16.0. The van der Waals surface area contributed by atoms with Crippen LogP contribution in [0.2, 0.25) is 5.02 Å². The molecule has 0 spiro atoms. The maximum atomic E-state index is 13.1. The van der Waals surface area contributed by atoms with Gasteiger partial charge in [-0.1, -0.05) is 41.9 Å². The van der Waals surface area contributed by atoms with E-state index in [2.05, 4.69) is 5.32 Å². The van der Waals surface area contributed by atoms with Crippen molar-refractivity contribution in [3.8, 4) is 17.0 Å². The average Bonchev–Trinajstić information content (AvgIpc) is 3.21. The van der Waals surface area contributed by atoms with Gasteiger partial charge in [-0.2, -0.15) is 0 Å². The predicted molar refractivity (Wildman–Crippen MR) is 125 cm³/mol. The van der Waals surface area contributed by atoms with Crippen LogP contribution >= 0.6 is 11.6 Å². The van der Waals surface area contributed by atoms with Gasteiger partial charge in [-0.3, -0.25) is 9.20 Å². The minimum absolute atomic E-state index is 0.160. The number of fused-ring (bicyclic) bond motifs is 1. The summed E-state index contributed by atoms with van der Waals surface area (Å²) < 4.78 is 12.4. The lowest BCUT2D eigenvalue weighted by Gasteiger charge is -2.19. The molecule has 1 amide bonds. The van der Waals surface area contributed by atoms with Gasteiger partial charge in [0.2, 0.25) is 0 Å². The Hall–Kier alpha value is -3.84. The van der Waals surface area contributed by atoms with Crippen molar-refractivity contribution in [2.45, 2.75) is 13.0 Å². The number of nitrogens with zero attached hydrogens (tertiary/aromatic N) is 2. The quantitative estimate of drug-likeness (QED) is 0.402. The third-order valence-electron chi connectivity index (χ3n) is 5.09. The molecule has 0 bridgehead atoms. The largest absolute Gasteiger partial charge is 0.495 e. The lowest BCUT2D eigenvalue weighted by Crippen LogP contribution is -2.36. The molecule has 0 aliphatic rings. The van der Waals surface area contributed by atoms with E-state index in [9.17, 15) is 9.59 Å². The number of aromatic nitrogens is 2. The van der Waals surface area contributed by atoms with Gasteiger partial charge in [-0.05, 0) is 43.3 Å². The van der Waals surface area contributed by atoms with Crippen molar-refractivity contribution in [2.24, 2.45) is 0 Å². The highest BCUT2D eigenvalue weighted by atomic mass is 35.5. The monoisotopic (exact) mass is 463 g/mol. The lowest BCUT2D eigenvalue weighted by molar-refractivity contribution is -0.145. The van der Waals surface area contributed by atoms with E-state index in [4.69, 9.17) is 26.1 Å². The van der Waals surface area contributed by atoms with Crippen molar-refractivity contribution in [3.63, 3.8) is 0 Å². The van der Waals surface area contributed by atoms with Crippen molar-refractivity contribution in [1.82, 2.24) is 14.7 Å². The molecule has 0 saturated heterocycles. The molecule has 4 rings (SSSR count). The average molecular weight is 464 g/mol. The summed E-state index contributed by atoms with van der Waals surface area (Å²) in [5.74, 6) is -0.434. The molecule has 1 atom stereocenters. The molecule has 168 valence electrons. The summed E-state index contributed by atoms with van der Waals surface area (Å²) in [6.45, 7) is 1.87. The van der Waals surface area contributed by atoms with E-state index in [0.29, 0.717) is 33.4 Å². The summed E-state index contributed by atoms with van der Waals surface area (Å²) in [6.07, 6.45) is 1.72. The van der Waals surface area contributed by atoms with E-state index in [-0.39, 0.29) is 6.61 Å². The second kappa shape index (κ2) is 9.75. The van der Waals surface area contributed by atoms with Gasteiger partial charge in [0.1, 0.15) is 11.4 Å². The summed E-state index contributed by atoms with van der Waals surface area (Å²) >= 11 is 6.07. The van der Waals surface area contributed by atoms with Gasteiger partial charge in [-0.25, -0.2) is 9.78 Å². The van der Waals surface area contributed by atoms with E-state index >= 15 is 0 Å². The molecule has 0 saturated carbocycles. The molecular weight excluding hydrogens is 442 g/mol. The fourth-order valence-corrected chi connectivity index (χ4v) is 3.65. The Balaban J connectivity index is 1.90. The molecule has 0 aliphatic carbocycles. The van der Waals surface area contributed by atoms with Crippen molar-refractivity contribution in [2.75, 3.05) is 13.7 Å². The van der Waals surface area contributed by atoms with Crippen molar-refractivity contribution < 1.29 is 19.1 Å². The molecule has 1 unspecified atom stereocenters. The molecule has 2 heterocycles. The van der Waals surface area contributed by atoms with Gasteiger partial charge >= 0.3 is 5.97 Å². The van der Waals surface area contributed by atoms with Gasteiger partial charge in [0.05, 0.1) is 31.3 Å². The topological polar surface area (TPSA) is 81.9 Å². The molecule has 1 N–H and O–H groups in total. The number of rotatable bonds is 7. The Morgan fingerprint density at radius 3 is 2.45 bits per heavy atom. The first-order valence-electron chi connectivity index (χ1n) is 10.4. The molecular formula is C25H22ClN3O4. The fourth-order valence-electron chi connectivity index (χ4n) is 3.53. The fraction of sp³-hybridized carbons (Fsp3) is 0.160. The highest BCUT2D eigenvalue weighted by Gasteiger charge is 2.31. The third-order valence-corrected chi connectivity index (χ3v) is 5.34. The number of hydrogen-bond donors (Lipinski definition) is 1. The van der Waals surface area contributed by atoms with E-state index in [1.54, 1.807) is 73.2 Å². The van der Waals surface area contributed by atoms with Crippen LogP contribution in [0.3, 0.4) is 0 Å². The zero-order valence-electron chi connectivity index (χ0n) is 18.1. The van der Waals surface area contributed by atoms with Crippen molar-refractivity contribution >= 4 is 29.1 Å². The number of esters is 1. The zero-order chi connectivity index (χ0) is 23.4. The minimum atomic E-state index is -1.12. The maximum Gasteiger partial charge on any atom is 0.335 e. The molecule has 0 fully saturated rings. The summed E-state index contributed by atoms with van der Waals surface area (Å²) in [5, 5.41) is 3.40. The molecule has 0 aliphatic heterocycles. The van der Waals surface area contributed by atoms with Gasteiger partial charge in [0.25, 0.3) is 5.91 Å². The standard InChI is InChI=1S/C25H22ClN3O4/c1-3-33-25(31)22(28-24(30)17-7-5-4-6-8-17)23-21(16-9-11-18(26)12-10-16)27-20-14-13-19(32-2)15-29(20)23/h4-15,22H,3H2,1-2H3,(H,28,30). The van der Waals surface area contributed by atoms with Crippen LogP contribution in [0.5, 0.6) is 5.75 Å². The molecule has 7 nitrogen and oxygen atoms in total. The number of pyridine rings is 1. The summed E-state index contributed by atoms with van der Waals surface area (Å²) in [6, 6.07) is 18.2. The number of carbonyl (C=O) groups is 2. The first kappa shape index (κ1) is 22.4. The third kappa shape index (κ3) is 4.68. The Kier molecular flexibility index (Phi) is 6.60. The summed E-state index contributed by atoms with van der Waals surface area (Å²) in [5.41, 5.74) is 2.71. The second-order valence-electron chi connectivity index (χ2n) is 7.17. The number of carbonyl (C=O) groups excluding carboxylic acids is 2. The van der Waals surface area contributed by atoms with E-state index in [1.165, 1.54) is 0 Å². The number of halogens is 1. The summed E-state index contributed by atoms with van der Waals surface area (Å²) in [7, 11) is 1.55. The van der Waals surface area contributed by atoms with Crippen LogP contribution < -0.4 is 10.1 Å². The number of methoxy groups -OCH3 is 1. The summed E-state index contributed by atoms with van der Waals surface area (Å²) in [4.78, 5) is 30.9. The molecule has 2 aromatic heterocycles. The normalized spacial score (nSPS) is 11.7. The number of hydrogen-bond acceptors (Lipinski definition) is 5. The SMILES string of the molecule is CCOC(=O)C(NC(=O)c1ccccc1)c1c(-c2ccc(Cl)cc2)nc2ccc(OC)cn12. The van der Waals surface area contributed by atoms with Gasteiger partial charge in [0.15, 0.2) is 6.04 Å². The van der Waals surface area contributed by atoms with E-state index < -0.39 is 17.9 Å². The van der Waals surface area contributed by atoms with Crippen LogP contribution in [0.4, 0.5) is 0 Å². The van der Waals surface area contributed by atoms with Crippen LogP contribution in [-0.4, -0.2) is 35.0 Å². The Morgan fingerprint density at radius 2 is 1.79 bits per heavy atom. The van der Waals surface area contributed by atoms with E-state index in [1.807, 2.05) is 18.2 Å². The Morgan fingerprint density at radius 1 is 1.06 bits per heavy atom. The highest BCUT2D eigenvalue weighted by molar-refractivity contribution is 6.30. The molecule has 4 aromatic rings. The zero-order valence-corrected chi connectivity index (χ0v) is 18.9. The van der Waals surface area contributed by atoms with E-state index in [0.717, 1.165) is 5.56 Å². The van der Waals surface area contributed by atoms with Crippen LogP contribution in [0.25, 0.3) is 16.9 Å². The number of benzene rings is 2. The molecule has 8 heteroatoms. The van der Waals surface area contributed by atoms with Crippen LogP contribution in [-0.2, 0) is 9.53 Å².